The van der Waals surface area contributed by atoms with Gasteiger partial charge in [-0.1, -0.05) is 12.1 Å². The van der Waals surface area contributed by atoms with E-state index in [1.54, 1.807) is 13.4 Å². The molecule has 7 rings (SSSR count). The van der Waals surface area contributed by atoms with Gasteiger partial charge < -0.3 is 28.6 Å². The predicted molar refractivity (Wildman–Crippen MR) is 137 cm³/mol. The molecule has 8 nitrogen and oxygen atoms in total. The molecule has 1 atom stereocenters. The smallest absolute Gasteiger partial charge is 0.231 e. The van der Waals surface area contributed by atoms with Gasteiger partial charge in [-0.15, -0.1) is 0 Å². The molecule has 0 saturated carbocycles. The molecule has 0 fully saturated rings. The van der Waals surface area contributed by atoms with E-state index in [2.05, 4.69) is 33.9 Å². The molecule has 1 N–H and O–H groups in total. The van der Waals surface area contributed by atoms with E-state index in [0.717, 1.165) is 57.5 Å². The first-order chi connectivity index (χ1) is 18.2. The van der Waals surface area contributed by atoms with Crippen LogP contribution in [0, 0.1) is 0 Å². The Hall–Kier alpha value is -4.30. The quantitative estimate of drug-likeness (QED) is 0.360. The number of aromatic nitrogens is 3. The number of benzene rings is 3. The van der Waals surface area contributed by atoms with Crippen LogP contribution in [0.2, 0.25) is 0 Å². The minimum Gasteiger partial charge on any atom is -0.493 e. The maximum Gasteiger partial charge on any atom is 0.231 e. The molecule has 2 aliphatic heterocycles. The van der Waals surface area contributed by atoms with Crippen molar-refractivity contribution in [1.82, 2.24) is 9.55 Å². The number of hydrogen-bond donors (Lipinski definition) is 1. The molecule has 0 radical (unpaired) electrons. The molecule has 0 saturated heterocycles. The van der Waals surface area contributed by atoms with Crippen LogP contribution in [0.3, 0.4) is 0 Å². The fraction of sp³-hybridized carbons (Fsp3) is 0.241. The zero-order chi connectivity index (χ0) is 24.9. The second-order valence-electron chi connectivity index (χ2n) is 9.42. The first-order valence-electron chi connectivity index (χ1n) is 12.4. The second kappa shape index (κ2) is 8.67. The van der Waals surface area contributed by atoms with Crippen molar-refractivity contribution in [2.45, 2.75) is 25.6 Å². The molecule has 2 aromatic heterocycles. The van der Waals surface area contributed by atoms with Crippen LogP contribution >= 0.6 is 0 Å². The number of aliphatic hydroxyl groups excluding tert-OH is 1. The van der Waals surface area contributed by atoms with Crippen molar-refractivity contribution in [3.63, 3.8) is 0 Å². The fourth-order valence-electron chi connectivity index (χ4n) is 5.32. The van der Waals surface area contributed by atoms with E-state index in [0.29, 0.717) is 18.0 Å². The monoisotopic (exact) mass is 496 g/mol. The number of nitrogens with zero attached hydrogens (tertiary/aromatic N) is 3. The number of aliphatic hydroxyl groups is 1. The van der Waals surface area contributed by atoms with Crippen molar-refractivity contribution in [1.29, 1.82) is 0 Å². The largest absolute Gasteiger partial charge is 0.493 e. The minimum atomic E-state index is -0.723. The van der Waals surface area contributed by atoms with E-state index in [1.807, 2.05) is 41.0 Å². The number of imidazole rings is 1. The number of fused-ring (bicyclic) bond motifs is 6. The van der Waals surface area contributed by atoms with Crippen molar-refractivity contribution in [2.24, 2.45) is 0 Å². The average Bonchev–Trinajstić information content (AvgIpc) is 3.56. The summed E-state index contributed by atoms with van der Waals surface area (Å²) in [7, 11) is 1.63. The summed E-state index contributed by atoms with van der Waals surface area (Å²) < 4.78 is 27.3. The number of hydrogen-bond acceptors (Lipinski definition) is 6. The Bertz CT molecular complexity index is 1660. The summed E-state index contributed by atoms with van der Waals surface area (Å²) in [4.78, 5) is 4.41. The molecule has 2 aliphatic rings. The first kappa shape index (κ1) is 21.9. The summed E-state index contributed by atoms with van der Waals surface area (Å²) in [5.74, 6) is 2.86. The third-order valence-corrected chi connectivity index (χ3v) is 7.15. The maximum atomic E-state index is 10.8. The van der Waals surface area contributed by atoms with Crippen LogP contribution in [0.4, 0.5) is 0 Å². The molecule has 0 bridgehead atoms. The standard InChI is InChI=1S/C29H26N3O5/c1-34-26-7-6-18-10-25-21-12-28-27(36-17-37-28)11-19(21)8-9-31(25)14-22(18)29(26)35-15-20(33)13-32-16-30-23-4-2-3-5-24(23)32/h2-7,10-12,14,16,20,33H,8-9,13,15,17H2,1H3/q+1. The van der Waals surface area contributed by atoms with Crippen molar-refractivity contribution >= 4 is 21.8 Å². The summed E-state index contributed by atoms with van der Waals surface area (Å²) in [6, 6.07) is 18.2. The molecule has 0 aliphatic carbocycles. The van der Waals surface area contributed by atoms with Crippen molar-refractivity contribution in [3.05, 3.63) is 72.7 Å². The third-order valence-electron chi connectivity index (χ3n) is 7.15. The van der Waals surface area contributed by atoms with E-state index in [1.165, 1.54) is 5.56 Å². The number of methoxy groups -OCH3 is 1. The average molecular weight is 497 g/mol. The molecule has 3 aromatic carbocycles. The topological polar surface area (TPSA) is 78.9 Å². The van der Waals surface area contributed by atoms with Gasteiger partial charge in [0.05, 0.1) is 42.0 Å². The van der Waals surface area contributed by atoms with Crippen molar-refractivity contribution in [2.75, 3.05) is 20.5 Å². The highest BCUT2D eigenvalue weighted by Crippen LogP contribution is 2.41. The highest BCUT2D eigenvalue weighted by molar-refractivity contribution is 5.91. The van der Waals surface area contributed by atoms with E-state index < -0.39 is 6.10 Å². The number of ether oxygens (including phenoxy) is 4. The Balaban J connectivity index is 1.20. The molecule has 186 valence electrons. The summed E-state index contributed by atoms with van der Waals surface area (Å²) >= 11 is 0. The van der Waals surface area contributed by atoms with Gasteiger partial charge in [0.25, 0.3) is 0 Å². The number of aryl methyl sites for hydroxylation is 2. The predicted octanol–water partition coefficient (Wildman–Crippen LogP) is 3.88. The molecule has 5 aromatic rings. The molecular weight excluding hydrogens is 470 g/mol. The molecule has 0 amide bonds. The van der Waals surface area contributed by atoms with Gasteiger partial charge in [0.1, 0.15) is 12.7 Å². The van der Waals surface area contributed by atoms with Crippen LogP contribution in [-0.2, 0) is 19.5 Å². The van der Waals surface area contributed by atoms with Crippen LogP contribution in [-0.4, -0.2) is 41.3 Å². The van der Waals surface area contributed by atoms with E-state index in [-0.39, 0.29) is 13.4 Å². The van der Waals surface area contributed by atoms with Gasteiger partial charge in [-0.05, 0) is 47.3 Å². The Morgan fingerprint density at radius 3 is 2.86 bits per heavy atom. The summed E-state index contributed by atoms with van der Waals surface area (Å²) in [6.07, 6.45) is 4.04. The van der Waals surface area contributed by atoms with Crippen LogP contribution in [0.15, 0.2) is 67.1 Å². The Morgan fingerprint density at radius 2 is 1.97 bits per heavy atom. The summed E-state index contributed by atoms with van der Waals surface area (Å²) in [6.45, 7) is 1.60. The van der Waals surface area contributed by atoms with Gasteiger partial charge in [-0.3, -0.25) is 0 Å². The second-order valence-corrected chi connectivity index (χ2v) is 9.42. The summed E-state index contributed by atoms with van der Waals surface area (Å²) in [5.41, 5.74) is 5.41. The van der Waals surface area contributed by atoms with E-state index in [4.69, 9.17) is 18.9 Å². The zero-order valence-electron chi connectivity index (χ0n) is 20.4. The lowest BCUT2D eigenvalue weighted by Crippen LogP contribution is -2.40. The maximum absolute atomic E-state index is 10.8. The Kier molecular flexibility index (Phi) is 5.14. The van der Waals surface area contributed by atoms with Gasteiger partial charge in [-0.25, -0.2) is 4.98 Å². The zero-order valence-corrected chi connectivity index (χ0v) is 20.4. The van der Waals surface area contributed by atoms with Gasteiger partial charge in [0.15, 0.2) is 35.7 Å². The van der Waals surface area contributed by atoms with Crippen LogP contribution in [0.1, 0.15) is 5.56 Å². The normalized spacial score (nSPS) is 14.4. The van der Waals surface area contributed by atoms with Crippen LogP contribution < -0.4 is 23.5 Å². The number of rotatable bonds is 6. The summed E-state index contributed by atoms with van der Waals surface area (Å²) in [5, 5.41) is 12.8. The molecule has 0 spiro atoms. The minimum absolute atomic E-state index is 0.121. The highest BCUT2D eigenvalue weighted by atomic mass is 16.7. The first-order valence-corrected chi connectivity index (χ1v) is 12.4. The van der Waals surface area contributed by atoms with E-state index in [9.17, 15) is 5.11 Å². The lowest BCUT2D eigenvalue weighted by molar-refractivity contribution is -0.686. The van der Waals surface area contributed by atoms with Crippen molar-refractivity contribution in [3.8, 4) is 34.3 Å². The van der Waals surface area contributed by atoms with Crippen LogP contribution in [0.25, 0.3) is 33.1 Å². The third kappa shape index (κ3) is 3.72. The van der Waals surface area contributed by atoms with Crippen molar-refractivity contribution < 1.29 is 28.6 Å². The molecule has 8 heteroatoms. The molecule has 37 heavy (non-hydrogen) atoms. The van der Waals surface area contributed by atoms with Gasteiger partial charge in [0, 0.05) is 12.5 Å². The number of pyridine rings is 1. The number of para-hydroxylation sites is 2. The van der Waals surface area contributed by atoms with E-state index >= 15 is 0 Å². The van der Waals surface area contributed by atoms with Gasteiger partial charge >= 0.3 is 0 Å². The Labute approximate surface area is 213 Å². The van der Waals surface area contributed by atoms with Gasteiger partial charge in [0.2, 0.25) is 12.5 Å². The lowest BCUT2D eigenvalue weighted by atomic mass is 9.95. The lowest BCUT2D eigenvalue weighted by Gasteiger charge is -2.19. The fourth-order valence-corrected chi connectivity index (χ4v) is 5.32. The molecular formula is C29H26N3O5+. The molecule has 1 unspecified atom stereocenters. The highest BCUT2D eigenvalue weighted by Gasteiger charge is 2.28. The van der Waals surface area contributed by atoms with Gasteiger partial charge in [-0.2, -0.15) is 4.57 Å². The SMILES string of the molecule is COc1ccc2cc3[n+](cc2c1OCC(O)Cn1cnc2ccccc21)CCc1cc2c(cc1-3)OCO2. The van der Waals surface area contributed by atoms with Crippen LogP contribution in [0.5, 0.6) is 23.0 Å². The Morgan fingerprint density at radius 1 is 1.11 bits per heavy atom. The molecule has 4 heterocycles.